The van der Waals surface area contributed by atoms with Gasteiger partial charge in [0, 0.05) is 35.5 Å². The first-order chi connectivity index (χ1) is 17.7. The lowest BCUT2D eigenvalue weighted by atomic mass is 9.92. The molecule has 0 spiro atoms. The molecule has 1 amide bonds. The van der Waals surface area contributed by atoms with E-state index >= 15 is 0 Å². The van der Waals surface area contributed by atoms with Crippen LogP contribution in [0.2, 0.25) is 0 Å². The van der Waals surface area contributed by atoms with E-state index < -0.39 is 35.3 Å². The van der Waals surface area contributed by atoms with Gasteiger partial charge in [-0.2, -0.15) is 0 Å². The summed E-state index contributed by atoms with van der Waals surface area (Å²) in [4.78, 5) is 29.5. The second-order valence-corrected chi connectivity index (χ2v) is 8.78. The molecule has 0 bridgehead atoms. The minimum atomic E-state index is -1.98. The highest BCUT2D eigenvalue weighted by atomic mass is 19.1. The van der Waals surface area contributed by atoms with Crippen LogP contribution in [0.5, 0.6) is 5.75 Å². The first-order valence-electron chi connectivity index (χ1n) is 11.9. The van der Waals surface area contributed by atoms with E-state index in [-0.39, 0.29) is 29.4 Å². The minimum Gasteiger partial charge on any atom is -0.490 e. The monoisotopic (exact) mass is 511 g/mol. The van der Waals surface area contributed by atoms with Gasteiger partial charge in [0.15, 0.2) is 0 Å². The number of aliphatic hydroxyl groups is 1. The van der Waals surface area contributed by atoms with Gasteiger partial charge in [-0.05, 0) is 37.1 Å². The van der Waals surface area contributed by atoms with Crippen LogP contribution in [0.15, 0.2) is 70.4 Å². The number of imidazole rings is 1. The van der Waals surface area contributed by atoms with E-state index in [1.807, 2.05) is 13.8 Å². The quantitative estimate of drug-likeness (QED) is 0.310. The normalized spacial score (nSPS) is 13.0. The van der Waals surface area contributed by atoms with Crippen molar-refractivity contribution >= 4 is 16.9 Å². The molecule has 2 heterocycles. The fourth-order valence-electron chi connectivity index (χ4n) is 4.08. The maximum absolute atomic E-state index is 14.6. The van der Waals surface area contributed by atoms with Crippen LogP contribution >= 0.6 is 0 Å². The average Bonchev–Trinajstić information content (AvgIpc) is 3.38. The van der Waals surface area contributed by atoms with Crippen molar-refractivity contribution < 1.29 is 27.8 Å². The van der Waals surface area contributed by atoms with Crippen LogP contribution in [0, 0.1) is 11.6 Å². The molecule has 4 aromatic rings. The van der Waals surface area contributed by atoms with Gasteiger partial charge in [-0.25, -0.2) is 18.6 Å². The van der Waals surface area contributed by atoms with E-state index in [1.54, 1.807) is 24.4 Å². The van der Waals surface area contributed by atoms with Crippen molar-refractivity contribution in [3.63, 3.8) is 0 Å². The molecule has 0 aliphatic rings. The molecule has 2 N–H and O–H groups in total. The van der Waals surface area contributed by atoms with Gasteiger partial charge >= 0.3 is 5.63 Å². The highest BCUT2D eigenvalue weighted by Gasteiger charge is 2.34. The minimum absolute atomic E-state index is 0.0289. The van der Waals surface area contributed by atoms with Gasteiger partial charge in [0.1, 0.15) is 34.1 Å². The summed E-state index contributed by atoms with van der Waals surface area (Å²) in [6, 6.07) is 9.15. The summed E-state index contributed by atoms with van der Waals surface area (Å²) >= 11 is 0. The van der Waals surface area contributed by atoms with Crippen molar-refractivity contribution in [2.45, 2.75) is 44.9 Å². The van der Waals surface area contributed by atoms with E-state index in [4.69, 9.17) is 9.15 Å². The van der Waals surface area contributed by atoms with Crippen LogP contribution in [-0.2, 0) is 12.1 Å². The zero-order valence-electron chi connectivity index (χ0n) is 20.4. The third-order valence-electron chi connectivity index (χ3n) is 6.14. The van der Waals surface area contributed by atoms with Gasteiger partial charge < -0.3 is 24.1 Å². The molecular formula is C27H27F2N3O5. The molecule has 1 atom stereocenters. The summed E-state index contributed by atoms with van der Waals surface area (Å²) in [6.07, 6.45) is 6.11. The molecule has 0 aliphatic heterocycles. The fourth-order valence-corrected chi connectivity index (χ4v) is 4.08. The summed E-state index contributed by atoms with van der Waals surface area (Å²) in [5.74, 6) is -2.06. The first kappa shape index (κ1) is 26.0. The number of benzene rings is 2. The van der Waals surface area contributed by atoms with E-state index in [2.05, 4.69) is 10.3 Å². The van der Waals surface area contributed by atoms with Crippen LogP contribution < -0.4 is 15.7 Å². The lowest BCUT2D eigenvalue weighted by Gasteiger charge is -2.29. The lowest BCUT2D eigenvalue weighted by Crippen LogP contribution is -2.45. The lowest BCUT2D eigenvalue weighted by molar-refractivity contribution is 0.0152. The number of ether oxygens (including phenoxy) is 1. The number of fused-ring (bicyclic) bond motifs is 1. The molecule has 4 rings (SSSR count). The molecule has 1 unspecified atom stereocenters. The van der Waals surface area contributed by atoms with E-state index in [1.165, 1.54) is 23.2 Å². The maximum Gasteiger partial charge on any atom is 0.349 e. The van der Waals surface area contributed by atoms with Crippen molar-refractivity contribution in [1.29, 1.82) is 0 Å². The summed E-state index contributed by atoms with van der Waals surface area (Å²) in [7, 11) is 0. The van der Waals surface area contributed by atoms with Crippen LogP contribution in [0.3, 0.4) is 0 Å². The number of amides is 1. The third-order valence-corrected chi connectivity index (χ3v) is 6.14. The fraction of sp³-hybridized carbons (Fsp3) is 0.296. The number of nitrogens with one attached hydrogen (secondary N) is 1. The molecule has 194 valence electrons. The molecular weight excluding hydrogens is 484 g/mol. The van der Waals surface area contributed by atoms with Crippen molar-refractivity contribution in [3.8, 4) is 5.75 Å². The summed E-state index contributed by atoms with van der Waals surface area (Å²) in [5, 5.41) is 14.3. The Labute approximate surface area is 211 Å². The van der Waals surface area contributed by atoms with Crippen LogP contribution in [0.4, 0.5) is 8.78 Å². The largest absolute Gasteiger partial charge is 0.490 e. The Balaban J connectivity index is 1.58. The molecule has 0 fully saturated rings. The third kappa shape index (κ3) is 5.86. The number of hydrogen-bond donors (Lipinski definition) is 2. The van der Waals surface area contributed by atoms with Crippen molar-refractivity contribution in [1.82, 2.24) is 14.9 Å². The van der Waals surface area contributed by atoms with Gasteiger partial charge in [-0.15, -0.1) is 0 Å². The zero-order chi connectivity index (χ0) is 26.6. The SMILES string of the molecule is CCC(CC)Oc1ccc2cc(C(=O)NCC(O)(Cn3ccnc3)c3ccc(F)cc3F)c(=O)oc2c1. The van der Waals surface area contributed by atoms with Gasteiger partial charge in [0.2, 0.25) is 0 Å². The molecule has 0 saturated carbocycles. The Hall–Kier alpha value is -4.05. The Morgan fingerprint density at radius 2 is 1.97 bits per heavy atom. The second-order valence-electron chi connectivity index (χ2n) is 8.78. The Kier molecular flexibility index (Phi) is 7.68. The second kappa shape index (κ2) is 10.9. The Morgan fingerprint density at radius 1 is 1.19 bits per heavy atom. The van der Waals surface area contributed by atoms with Crippen molar-refractivity contribution in [2.75, 3.05) is 6.54 Å². The molecule has 10 heteroatoms. The maximum atomic E-state index is 14.6. The molecule has 2 aromatic heterocycles. The summed E-state index contributed by atoms with van der Waals surface area (Å²) in [6.45, 7) is 3.36. The molecule has 0 saturated heterocycles. The molecule has 37 heavy (non-hydrogen) atoms. The molecule has 2 aromatic carbocycles. The number of rotatable bonds is 10. The summed E-state index contributed by atoms with van der Waals surface area (Å²) in [5.41, 5.74) is -3.11. The van der Waals surface area contributed by atoms with E-state index in [0.29, 0.717) is 17.2 Å². The van der Waals surface area contributed by atoms with Crippen LogP contribution in [0.25, 0.3) is 11.0 Å². The zero-order valence-corrected chi connectivity index (χ0v) is 20.4. The molecule has 0 radical (unpaired) electrons. The van der Waals surface area contributed by atoms with Crippen LogP contribution in [0.1, 0.15) is 42.6 Å². The number of nitrogens with zero attached hydrogens (tertiary/aromatic N) is 2. The topological polar surface area (TPSA) is 107 Å². The number of hydrogen-bond acceptors (Lipinski definition) is 6. The standard InChI is InChI=1S/C27H27F2N3O5/c1-3-19(4-2)36-20-7-5-17-11-21(26(34)37-24(17)13-20)25(33)31-14-27(35,15-32-10-9-30-16-32)22-8-6-18(28)12-23(22)29/h5-13,16,19,35H,3-4,14-15H2,1-2H3,(H,31,33). The van der Waals surface area contributed by atoms with E-state index in [0.717, 1.165) is 25.0 Å². The van der Waals surface area contributed by atoms with Crippen molar-refractivity contribution in [3.05, 3.63) is 94.4 Å². The van der Waals surface area contributed by atoms with Crippen molar-refractivity contribution in [2.24, 2.45) is 0 Å². The first-order valence-corrected chi connectivity index (χ1v) is 11.9. The smallest absolute Gasteiger partial charge is 0.349 e. The van der Waals surface area contributed by atoms with Gasteiger partial charge in [0.25, 0.3) is 5.91 Å². The van der Waals surface area contributed by atoms with Crippen LogP contribution in [-0.4, -0.2) is 33.2 Å². The number of aromatic nitrogens is 2. The Bertz CT molecular complexity index is 1450. The number of halogens is 2. The highest BCUT2D eigenvalue weighted by molar-refractivity contribution is 5.96. The predicted octanol–water partition coefficient (Wildman–Crippen LogP) is 4.15. The van der Waals surface area contributed by atoms with E-state index in [9.17, 15) is 23.5 Å². The molecule has 8 nitrogen and oxygen atoms in total. The average molecular weight is 512 g/mol. The molecule has 0 aliphatic carbocycles. The summed E-state index contributed by atoms with van der Waals surface area (Å²) < 4.78 is 40.8. The van der Waals surface area contributed by atoms with Gasteiger partial charge in [0.05, 0.1) is 25.5 Å². The Morgan fingerprint density at radius 3 is 2.65 bits per heavy atom. The predicted molar refractivity (Wildman–Crippen MR) is 132 cm³/mol. The van der Waals surface area contributed by atoms with Gasteiger partial charge in [-0.1, -0.05) is 19.9 Å². The highest BCUT2D eigenvalue weighted by Crippen LogP contribution is 2.27. The number of carbonyl (C=O) groups is 1. The number of carbonyl (C=O) groups excluding carboxylic acids is 1. The van der Waals surface area contributed by atoms with Gasteiger partial charge in [-0.3, -0.25) is 4.79 Å².